The quantitative estimate of drug-likeness (QED) is 0.128. The molecule has 4 rings (SSSR count). The minimum absolute atomic E-state index is 0.287. The highest BCUT2D eigenvalue weighted by molar-refractivity contribution is 5.84. The lowest BCUT2D eigenvalue weighted by molar-refractivity contribution is -0.137. The molecule has 1 nitrogen and oxygen atoms in total. The summed E-state index contributed by atoms with van der Waals surface area (Å²) in [6.45, 7) is 2.74. The molecule has 4 aromatic rings. The van der Waals surface area contributed by atoms with Gasteiger partial charge in [0, 0.05) is 11.5 Å². The van der Waals surface area contributed by atoms with E-state index in [0.717, 1.165) is 47.9 Å². The lowest BCUT2D eigenvalue weighted by Crippen LogP contribution is -2.04. The molecule has 0 spiro atoms. The molecule has 0 N–H and O–H groups in total. The van der Waals surface area contributed by atoms with Crippen LogP contribution in [0.3, 0.4) is 0 Å². The minimum Gasteiger partial charge on any atom is -0.493 e. The van der Waals surface area contributed by atoms with Crippen molar-refractivity contribution < 1.29 is 26.7 Å². The third-order valence-corrected chi connectivity index (χ3v) is 7.04. The number of aryl methyl sites for hydroxylation is 4. The Kier molecular flexibility index (Phi) is 9.60. The summed E-state index contributed by atoms with van der Waals surface area (Å²) < 4.78 is 73.8. The summed E-state index contributed by atoms with van der Waals surface area (Å²) >= 11 is 0. The van der Waals surface area contributed by atoms with Gasteiger partial charge < -0.3 is 4.74 Å². The van der Waals surface area contributed by atoms with E-state index in [2.05, 4.69) is 6.92 Å². The van der Waals surface area contributed by atoms with Crippen LogP contribution in [-0.2, 0) is 31.9 Å². The standard InChI is InChI=1S/C33H33F5O/c1-2-3-4-5-20-39-29-18-15-25(31(34)22-29)11-7-24-10-19-30-27(21-24)14-13-26(32(30)35)12-6-23-8-16-28(17-9-23)33(36,37)38/h8-10,13-19,21-22H,2-7,11-12,20H2,1H3. The molecule has 0 aliphatic heterocycles. The third kappa shape index (κ3) is 7.81. The van der Waals surface area contributed by atoms with Crippen molar-refractivity contribution in [2.24, 2.45) is 0 Å². The molecule has 0 unspecified atom stereocenters. The first kappa shape index (κ1) is 28.6. The lowest BCUT2D eigenvalue weighted by atomic mass is 9.97. The normalized spacial score (nSPS) is 11.7. The van der Waals surface area contributed by atoms with Crippen molar-refractivity contribution in [3.63, 3.8) is 0 Å². The molecular weight excluding hydrogens is 507 g/mol. The van der Waals surface area contributed by atoms with E-state index >= 15 is 4.39 Å². The van der Waals surface area contributed by atoms with Gasteiger partial charge in [0.25, 0.3) is 0 Å². The zero-order chi connectivity index (χ0) is 27.8. The molecule has 0 fully saturated rings. The zero-order valence-electron chi connectivity index (χ0n) is 22.1. The molecule has 0 saturated heterocycles. The number of unbranched alkanes of at least 4 members (excludes halogenated alkanes) is 3. The number of ether oxygens (including phenoxy) is 1. The molecule has 0 radical (unpaired) electrons. The molecule has 6 heteroatoms. The average molecular weight is 541 g/mol. The Hall–Kier alpha value is -3.41. The van der Waals surface area contributed by atoms with Crippen LogP contribution in [0.5, 0.6) is 5.75 Å². The van der Waals surface area contributed by atoms with Crippen LogP contribution in [0.25, 0.3) is 10.8 Å². The average Bonchev–Trinajstić information content (AvgIpc) is 2.92. The number of hydrogen-bond donors (Lipinski definition) is 0. The zero-order valence-corrected chi connectivity index (χ0v) is 22.1. The number of benzene rings is 4. The van der Waals surface area contributed by atoms with Crippen molar-refractivity contribution >= 4 is 10.8 Å². The van der Waals surface area contributed by atoms with Crippen LogP contribution < -0.4 is 4.74 Å². The molecule has 0 heterocycles. The Bertz CT molecular complexity index is 1380. The fraction of sp³-hybridized carbons (Fsp3) is 0.333. The van der Waals surface area contributed by atoms with Crippen molar-refractivity contribution in [3.8, 4) is 5.75 Å². The number of hydrogen-bond acceptors (Lipinski definition) is 1. The largest absolute Gasteiger partial charge is 0.493 e. The van der Waals surface area contributed by atoms with E-state index in [-0.39, 0.29) is 11.6 Å². The van der Waals surface area contributed by atoms with Gasteiger partial charge in [-0.05, 0) is 77.9 Å². The van der Waals surface area contributed by atoms with Crippen molar-refractivity contribution in [3.05, 3.63) is 112 Å². The molecule has 0 amide bonds. The molecule has 39 heavy (non-hydrogen) atoms. The third-order valence-electron chi connectivity index (χ3n) is 7.04. The van der Waals surface area contributed by atoms with E-state index in [1.54, 1.807) is 24.3 Å². The van der Waals surface area contributed by atoms with Gasteiger partial charge in [-0.3, -0.25) is 0 Å². The summed E-state index contributed by atoms with van der Waals surface area (Å²) in [4.78, 5) is 0. The van der Waals surface area contributed by atoms with Crippen LogP contribution in [0.4, 0.5) is 22.0 Å². The van der Waals surface area contributed by atoms with Gasteiger partial charge in [0.1, 0.15) is 17.4 Å². The fourth-order valence-corrected chi connectivity index (χ4v) is 4.69. The molecule has 0 saturated carbocycles. The fourth-order valence-electron chi connectivity index (χ4n) is 4.69. The van der Waals surface area contributed by atoms with E-state index in [4.69, 9.17) is 4.74 Å². The van der Waals surface area contributed by atoms with Crippen molar-refractivity contribution in [1.29, 1.82) is 0 Å². The first-order valence-corrected chi connectivity index (χ1v) is 13.5. The number of halogens is 5. The predicted molar refractivity (Wildman–Crippen MR) is 146 cm³/mol. The Morgan fingerprint density at radius 2 is 1.36 bits per heavy atom. The maximum atomic E-state index is 15.2. The summed E-state index contributed by atoms with van der Waals surface area (Å²) in [5.41, 5.74) is 2.13. The second-order valence-corrected chi connectivity index (χ2v) is 9.95. The SMILES string of the molecule is CCCCCCOc1ccc(CCc2ccc3c(F)c(CCc4ccc(C(F)(F)F)cc4)ccc3c2)c(F)c1. The maximum absolute atomic E-state index is 15.2. The van der Waals surface area contributed by atoms with E-state index < -0.39 is 11.7 Å². The van der Waals surface area contributed by atoms with E-state index in [1.807, 2.05) is 18.2 Å². The number of alkyl halides is 3. The highest BCUT2D eigenvalue weighted by Gasteiger charge is 2.29. The molecule has 4 aromatic carbocycles. The van der Waals surface area contributed by atoms with Crippen LogP contribution in [0, 0.1) is 11.6 Å². The summed E-state index contributed by atoms with van der Waals surface area (Å²) in [6.07, 6.45) is 1.97. The van der Waals surface area contributed by atoms with Gasteiger partial charge in [-0.1, -0.05) is 74.7 Å². The van der Waals surface area contributed by atoms with Crippen LogP contribution >= 0.6 is 0 Å². The molecule has 0 bridgehead atoms. The predicted octanol–water partition coefficient (Wildman–Crippen LogP) is 9.67. The Labute approximate surface area is 226 Å². The summed E-state index contributed by atoms with van der Waals surface area (Å²) in [5.74, 6) is -0.0593. The topological polar surface area (TPSA) is 9.23 Å². The van der Waals surface area contributed by atoms with Gasteiger partial charge in [-0.15, -0.1) is 0 Å². The molecule has 0 atom stereocenters. The highest BCUT2D eigenvalue weighted by atomic mass is 19.4. The molecule has 0 aliphatic carbocycles. The Morgan fingerprint density at radius 1 is 0.667 bits per heavy atom. The van der Waals surface area contributed by atoms with Crippen molar-refractivity contribution in [1.82, 2.24) is 0 Å². The van der Waals surface area contributed by atoms with Gasteiger partial charge >= 0.3 is 6.18 Å². The number of fused-ring (bicyclic) bond motifs is 1. The monoisotopic (exact) mass is 540 g/mol. The van der Waals surface area contributed by atoms with Gasteiger partial charge in [0.15, 0.2) is 0 Å². The van der Waals surface area contributed by atoms with Crippen LogP contribution in [-0.4, -0.2) is 6.61 Å². The Balaban J connectivity index is 1.35. The first-order valence-electron chi connectivity index (χ1n) is 13.5. The van der Waals surface area contributed by atoms with E-state index in [9.17, 15) is 17.6 Å². The second-order valence-electron chi connectivity index (χ2n) is 9.95. The summed E-state index contributed by atoms with van der Waals surface area (Å²) in [5, 5.41) is 1.26. The van der Waals surface area contributed by atoms with Crippen molar-refractivity contribution in [2.45, 2.75) is 64.5 Å². The van der Waals surface area contributed by atoms with Crippen LogP contribution in [0.1, 0.15) is 60.4 Å². The second kappa shape index (κ2) is 13.1. The minimum atomic E-state index is -4.37. The van der Waals surface area contributed by atoms with Crippen LogP contribution in [0.15, 0.2) is 72.8 Å². The molecule has 0 aliphatic rings. The summed E-state index contributed by atoms with van der Waals surface area (Å²) in [6, 6.07) is 19.1. The van der Waals surface area contributed by atoms with Gasteiger partial charge in [0.2, 0.25) is 0 Å². The van der Waals surface area contributed by atoms with Gasteiger partial charge in [-0.25, -0.2) is 8.78 Å². The highest BCUT2D eigenvalue weighted by Crippen LogP contribution is 2.30. The first-order chi connectivity index (χ1) is 18.7. The van der Waals surface area contributed by atoms with E-state index in [0.29, 0.717) is 54.6 Å². The van der Waals surface area contributed by atoms with Crippen LogP contribution in [0.2, 0.25) is 0 Å². The van der Waals surface area contributed by atoms with Gasteiger partial charge in [-0.2, -0.15) is 13.2 Å². The van der Waals surface area contributed by atoms with E-state index in [1.165, 1.54) is 24.6 Å². The lowest BCUT2D eigenvalue weighted by Gasteiger charge is -2.11. The Morgan fingerprint density at radius 3 is 2.08 bits per heavy atom. The smallest absolute Gasteiger partial charge is 0.416 e. The molecule has 206 valence electrons. The van der Waals surface area contributed by atoms with Crippen molar-refractivity contribution in [2.75, 3.05) is 6.61 Å². The molecule has 0 aromatic heterocycles. The summed E-state index contributed by atoms with van der Waals surface area (Å²) in [7, 11) is 0. The van der Waals surface area contributed by atoms with Gasteiger partial charge in [0.05, 0.1) is 12.2 Å². The number of rotatable bonds is 12. The maximum Gasteiger partial charge on any atom is 0.416 e. The molecular formula is C33H33F5O.